The van der Waals surface area contributed by atoms with Gasteiger partial charge in [-0.05, 0) is 29.8 Å². The molecule has 0 aliphatic rings. The summed E-state index contributed by atoms with van der Waals surface area (Å²) in [7, 11) is 1.57. The van der Waals surface area contributed by atoms with E-state index in [1.54, 1.807) is 23.9 Å². The summed E-state index contributed by atoms with van der Waals surface area (Å²) in [6, 6.07) is 15.5. The highest BCUT2D eigenvalue weighted by molar-refractivity contribution is 5.48. The molecule has 1 heterocycles. The van der Waals surface area contributed by atoms with Gasteiger partial charge in [0.05, 0.1) is 12.8 Å². The first kappa shape index (κ1) is 14.7. The zero-order valence-corrected chi connectivity index (χ0v) is 12.4. The predicted octanol–water partition coefficient (Wildman–Crippen LogP) is 2.88. The number of benzene rings is 2. The van der Waals surface area contributed by atoms with Crippen LogP contribution in [-0.2, 0) is 6.42 Å². The van der Waals surface area contributed by atoms with E-state index < -0.39 is 0 Å². The van der Waals surface area contributed by atoms with Gasteiger partial charge in [-0.15, -0.1) is 5.10 Å². The lowest BCUT2D eigenvalue weighted by Gasteiger charge is -2.10. The Labute approximate surface area is 132 Å². The number of nitriles is 1. The van der Waals surface area contributed by atoms with Crippen LogP contribution in [0.15, 0.2) is 48.5 Å². The Morgan fingerprint density at radius 2 is 1.91 bits per heavy atom. The molecule has 3 rings (SSSR count). The highest BCUT2D eigenvalue weighted by Gasteiger charge is 2.17. The molecule has 0 saturated carbocycles. The molecule has 0 aliphatic carbocycles. The lowest BCUT2D eigenvalue weighted by atomic mass is 10.1. The molecule has 0 fully saturated rings. The zero-order chi connectivity index (χ0) is 16.2. The third-order valence-corrected chi connectivity index (χ3v) is 3.47. The van der Waals surface area contributed by atoms with Crippen LogP contribution >= 0.6 is 0 Å². The summed E-state index contributed by atoms with van der Waals surface area (Å²) >= 11 is 0. The first-order valence-electron chi connectivity index (χ1n) is 6.95. The average Bonchev–Trinajstić information content (AvgIpc) is 2.99. The summed E-state index contributed by atoms with van der Waals surface area (Å²) in [6.45, 7) is 0. The van der Waals surface area contributed by atoms with Crippen LogP contribution in [-0.4, -0.2) is 22.1 Å². The Bertz CT molecular complexity index is 865. The van der Waals surface area contributed by atoms with Crippen LogP contribution in [0.1, 0.15) is 17.0 Å². The van der Waals surface area contributed by atoms with Crippen LogP contribution in [0.25, 0.3) is 5.69 Å². The van der Waals surface area contributed by atoms with Crippen molar-refractivity contribution in [2.75, 3.05) is 7.11 Å². The third-order valence-electron chi connectivity index (χ3n) is 3.47. The second kappa shape index (κ2) is 6.28. The molecule has 114 valence electrons. The van der Waals surface area contributed by atoms with E-state index in [1.165, 1.54) is 12.1 Å². The van der Waals surface area contributed by atoms with Crippen LogP contribution < -0.4 is 4.74 Å². The molecule has 6 heteroatoms. The monoisotopic (exact) mass is 308 g/mol. The van der Waals surface area contributed by atoms with Crippen LogP contribution in [0.2, 0.25) is 0 Å². The topological polar surface area (TPSA) is 63.7 Å². The number of halogens is 1. The quantitative estimate of drug-likeness (QED) is 0.743. The maximum Gasteiger partial charge on any atom is 0.186 e. The van der Waals surface area contributed by atoms with E-state index in [2.05, 4.69) is 10.3 Å². The standard InChI is InChI=1S/C17H13FN4O/c1-23-17-5-3-2-4-15(17)22-16(14(11-19)20-21-22)10-12-6-8-13(18)9-7-12/h2-9H,10H2,1H3. The van der Waals surface area contributed by atoms with Crippen LogP contribution in [0.4, 0.5) is 4.39 Å². The highest BCUT2D eigenvalue weighted by Crippen LogP contribution is 2.24. The number of rotatable bonds is 4. The lowest BCUT2D eigenvalue weighted by molar-refractivity contribution is 0.411. The minimum Gasteiger partial charge on any atom is -0.494 e. The molecule has 0 spiro atoms. The fourth-order valence-corrected chi connectivity index (χ4v) is 2.34. The molecule has 23 heavy (non-hydrogen) atoms. The van der Waals surface area contributed by atoms with Crippen molar-refractivity contribution in [1.29, 1.82) is 5.26 Å². The van der Waals surface area contributed by atoms with E-state index in [-0.39, 0.29) is 11.5 Å². The summed E-state index contributed by atoms with van der Waals surface area (Å²) in [4.78, 5) is 0. The van der Waals surface area contributed by atoms with Gasteiger partial charge < -0.3 is 4.74 Å². The van der Waals surface area contributed by atoms with Crippen molar-refractivity contribution in [3.05, 3.63) is 71.3 Å². The smallest absolute Gasteiger partial charge is 0.186 e. The molecule has 0 radical (unpaired) electrons. The van der Waals surface area contributed by atoms with Crippen molar-refractivity contribution in [2.24, 2.45) is 0 Å². The van der Waals surface area contributed by atoms with Gasteiger partial charge in [-0.2, -0.15) is 5.26 Å². The van der Waals surface area contributed by atoms with Crippen molar-refractivity contribution in [1.82, 2.24) is 15.0 Å². The molecule has 0 atom stereocenters. The number of para-hydroxylation sites is 2. The molecular weight excluding hydrogens is 295 g/mol. The summed E-state index contributed by atoms with van der Waals surface area (Å²) in [5.41, 5.74) is 2.42. The number of hydrogen-bond acceptors (Lipinski definition) is 4. The predicted molar refractivity (Wildman–Crippen MR) is 81.8 cm³/mol. The summed E-state index contributed by atoms with van der Waals surface area (Å²) in [5, 5.41) is 17.3. The van der Waals surface area contributed by atoms with Crippen LogP contribution in [0, 0.1) is 17.1 Å². The van der Waals surface area contributed by atoms with Gasteiger partial charge in [-0.25, -0.2) is 9.07 Å². The largest absolute Gasteiger partial charge is 0.494 e. The van der Waals surface area contributed by atoms with Crippen LogP contribution in [0.5, 0.6) is 5.75 Å². The number of hydrogen-bond donors (Lipinski definition) is 0. The van der Waals surface area contributed by atoms with E-state index in [9.17, 15) is 9.65 Å². The molecular formula is C17H13FN4O. The van der Waals surface area contributed by atoms with Gasteiger partial charge in [-0.3, -0.25) is 0 Å². The first-order valence-corrected chi connectivity index (χ1v) is 6.95. The Morgan fingerprint density at radius 1 is 1.17 bits per heavy atom. The van der Waals surface area contributed by atoms with Crippen molar-refractivity contribution >= 4 is 0 Å². The third kappa shape index (κ3) is 2.90. The molecule has 0 bridgehead atoms. The fourth-order valence-electron chi connectivity index (χ4n) is 2.34. The molecule has 0 saturated heterocycles. The Balaban J connectivity index is 2.07. The SMILES string of the molecule is COc1ccccc1-n1nnc(C#N)c1Cc1ccc(F)cc1. The summed E-state index contributed by atoms with van der Waals surface area (Å²) < 4.78 is 20.0. The van der Waals surface area contributed by atoms with Gasteiger partial charge in [0.15, 0.2) is 5.69 Å². The molecule has 0 unspecified atom stereocenters. The van der Waals surface area contributed by atoms with E-state index in [0.29, 0.717) is 23.6 Å². The number of aromatic nitrogens is 3. The number of methoxy groups -OCH3 is 1. The van der Waals surface area contributed by atoms with Gasteiger partial charge in [0.25, 0.3) is 0 Å². The van der Waals surface area contributed by atoms with Gasteiger partial charge in [-0.1, -0.05) is 29.5 Å². The minimum absolute atomic E-state index is 0.236. The fraction of sp³-hybridized carbons (Fsp3) is 0.118. The summed E-state index contributed by atoms with van der Waals surface area (Å²) in [5.74, 6) is 0.327. The van der Waals surface area contributed by atoms with E-state index in [4.69, 9.17) is 4.74 Å². The van der Waals surface area contributed by atoms with Crippen LogP contribution in [0.3, 0.4) is 0 Å². The Kier molecular flexibility index (Phi) is 4.02. The molecule has 0 amide bonds. The lowest BCUT2D eigenvalue weighted by Crippen LogP contribution is -2.06. The van der Waals surface area contributed by atoms with Gasteiger partial charge in [0.2, 0.25) is 0 Å². The second-order valence-corrected chi connectivity index (χ2v) is 4.88. The molecule has 5 nitrogen and oxygen atoms in total. The average molecular weight is 308 g/mol. The molecule has 2 aromatic carbocycles. The maximum absolute atomic E-state index is 13.1. The van der Waals surface area contributed by atoms with E-state index in [0.717, 1.165) is 5.56 Å². The minimum atomic E-state index is -0.300. The number of ether oxygens (including phenoxy) is 1. The molecule has 1 aromatic heterocycles. The van der Waals surface area contributed by atoms with E-state index in [1.807, 2.05) is 30.3 Å². The zero-order valence-electron chi connectivity index (χ0n) is 12.4. The van der Waals surface area contributed by atoms with Crippen molar-refractivity contribution in [2.45, 2.75) is 6.42 Å². The highest BCUT2D eigenvalue weighted by atomic mass is 19.1. The van der Waals surface area contributed by atoms with Gasteiger partial charge >= 0.3 is 0 Å². The maximum atomic E-state index is 13.1. The van der Waals surface area contributed by atoms with Gasteiger partial charge in [0, 0.05) is 6.42 Å². The first-order chi connectivity index (χ1) is 11.2. The Morgan fingerprint density at radius 3 is 2.61 bits per heavy atom. The van der Waals surface area contributed by atoms with Crippen molar-refractivity contribution in [3.63, 3.8) is 0 Å². The number of nitrogens with zero attached hydrogens (tertiary/aromatic N) is 4. The molecule has 0 aliphatic heterocycles. The van der Waals surface area contributed by atoms with Crippen molar-refractivity contribution < 1.29 is 9.13 Å². The normalized spacial score (nSPS) is 10.3. The van der Waals surface area contributed by atoms with Crippen molar-refractivity contribution in [3.8, 4) is 17.5 Å². The van der Waals surface area contributed by atoms with Gasteiger partial charge in [0.1, 0.15) is 23.3 Å². The molecule has 3 aromatic rings. The molecule has 0 N–H and O–H groups in total. The Hall–Kier alpha value is -3.20. The summed E-state index contributed by atoms with van der Waals surface area (Å²) in [6.07, 6.45) is 0.411. The van der Waals surface area contributed by atoms with E-state index >= 15 is 0 Å². The second-order valence-electron chi connectivity index (χ2n) is 4.88.